The van der Waals surface area contributed by atoms with E-state index in [9.17, 15) is 46.0 Å². The molecule has 14 heteroatoms. The van der Waals surface area contributed by atoms with Gasteiger partial charge in [0, 0.05) is 5.92 Å². The second-order valence-corrected chi connectivity index (χ2v) is 21.1. The molecule has 8 rings (SSSR count). The molecule has 55 heavy (non-hydrogen) atoms. The van der Waals surface area contributed by atoms with Crippen molar-refractivity contribution in [2.24, 2.45) is 44.8 Å². The lowest BCUT2D eigenvalue weighted by Gasteiger charge is -2.65. The van der Waals surface area contributed by atoms with Crippen LogP contribution in [-0.4, -0.2) is 150 Å². The van der Waals surface area contributed by atoms with Gasteiger partial charge >= 0.3 is 0 Å². The van der Waals surface area contributed by atoms with Crippen molar-refractivity contribution < 1.29 is 69.6 Å². The Kier molecular flexibility index (Phi) is 9.90. The monoisotopic (exact) mass is 784 g/mol. The van der Waals surface area contributed by atoms with Gasteiger partial charge in [0.1, 0.15) is 42.7 Å². The van der Waals surface area contributed by atoms with Crippen LogP contribution in [0.1, 0.15) is 106 Å². The Balaban J connectivity index is 1.15. The van der Waals surface area contributed by atoms with Gasteiger partial charge in [-0.2, -0.15) is 0 Å². The first kappa shape index (κ1) is 41.2. The standard InChI is InChI=1S/C41H68O14/c1-35(2)24(54-33-29(48)26(45)20(44)17-51-33)9-11-41-18-40(41)13-12-37(5)31(39(7)10-8-25(55-39)36(3,4)50)19(43)15-38(37,6)23(40)14-21(32(35)41)52-34-30(49)28(47)27(46)22(16-42)53-34/h19-34,42-50H,8-18H2,1-7H3/t19-,20-,21+,22+,23-,24-,25-,26+,27+,28-,29+,30+,31+,32-,33+,34+,37+,38+,39-,40-,41+/m1/s1. The molecule has 0 aromatic rings. The highest BCUT2D eigenvalue weighted by Crippen LogP contribution is 2.89. The van der Waals surface area contributed by atoms with Gasteiger partial charge in [-0.1, -0.05) is 27.7 Å². The van der Waals surface area contributed by atoms with Gasteiger partial charge in [-0.15, -0.1) is 0 Å². The quantitative estimate of drug-likeness (QED) is 0.162. The van der Waals surface area contributed by atoms with Gasteiger partial charge in [-0.3, -0.25) is 0 Å². The van der Waals surface area contributed by atoms with Crippen LogP contribution in [0.5, 0.6) is 0 Å². The van der Waals surface area contributed by atoms with Crippen molar-refractivity contribution in [1.82, 2.24) is 0 Å². The topological polar surface area (TPSA) is 228 Å². The van der Waals surface area contributed by atoms with E-state index in [1.54, 1.807) is 13.8 Å². The third-order valence-corrected chi connectivity index (χ3v) is 17.6. The van der Waals surface area contributed by atoms with Gasteiger partial charge < -0.3 is 69.6 Å². The Morgan fingerprint density at radius 2 is 1.40 bits per heavy atom. The van der Waals surface area contributed by atoms with E-state index in [0.29, 0.717) is 25.7 Å². The van der Waals surface area contributed by atoms with E-state index < -0.39 is 96.8 Å². The number of fused-ring (bicyclic) bond motifs is 2. The van der Waals surface area contributed by atoms with Crippen LogP contribution in [0.4, 0.5) is 0 Å². The van der Waals surface area contributed by atoms with E-state index in [1.807, 2.05) is 0 Å². The first-order valence-electron chi connectivity index (χ1n) is 20.9. The van der Waals surface area contributed by atoms with Crippen molar-refractivity contribution in [2.45, 2.75) is 197 Å². The third kappa shape index (κ3) is 5.70. The second-order valence-electron chi connectivity index (χ2n) is 21.1. The fraction of sp³-hybridized carbons (Fsp3) is 1.00. The summed E-state index contributed by atoms with van der Waals surface area (Å²) in [4.78, 5) is 0. The number of hydrogen-bond donors (Lipinski definition) is 9. The Hall–Kier alpha value is -0.560. The molecule has 5 saturated carbocycles. The van der Waals surface area contributed by atoms with Crippen molar-refractivity contribution in [3.63, 3.8) is 0 Å². The van der Waals surface area contributed by atoms with E-state index in [-0.39, 0.29) is 52.1 Å². The molecule has 8 fully saturated rings. The number of ether oxygens (including phenoxy) is 5. The number of hydrogen-bond acceptors (Lipinski definition) is 14. The molecule has 3 saturated heterocycles. The van der Waals surface area contributed by atoms with Crippen LogP contribution in [0, 0.1) is 44.8 Å². The lowest BCUT2D eigenvalue weighted by molar-refractivity contribution is -0.339. The number of aliphatic hydroxyl groups excluding tert-OH is 8. The van der Waals surface area contributed by atoms with Gasteiger partial charge in [0.25, 0.3) is 0 Å². The van der Waals surface area contributed by atoms with Gasteiger partial charge in [0.05, 0.1) is 48.8 Å². The predicted molar refractivity (Wildman–Crippen MR) is 194 cm³/mol. The largest absolute Gasteiger partial charge is 0.394 e. The van der Waals surface area contributed by atoms with E-state index in [2.05, 4.69) is 34.6 Å². The molecule has 0 amide bonds. The molecule has 3 heterocycles. The highest BCUT2D eigenvalue weighted by atomic mass is 16.7. The molecule has 0 unspecified atom stereocenters. The van der Waals surface area contributed by atoms with Crippen molar-refractivity contribution in [2.75, 3.05) is 13.2 Å². The minimum absolute atomic E-state index is 0.0633. The summed E-state index contributed by atoms with van der Waals surface area (Å²) in [5, 5.41) is 97.2. The lowest BCUT2D eigenvalue weighted by atomic mass is 9.41. The van der Waals surface area contributed by atoms with E-state index in [4.69, 9.17) is 23.7 Å². The summed E-state index contributed by atoms with van der Waals surface area (Å²) in [6.45, 7) is 13.8. The Morgan fingerprint density at radius 3 is 2.05 bits per heavy atom. The van der Waals surface area contributed by atoms with E-state index >= 15 is 0 Å². The Morgan fingerprint density at radius 1 is 0.709 bits per heavy atom. The van der Waals surface area contributed by atoms with Crippen molar-refractivity contribution in [3.05, 3.63) is 0 Å². The fourth-order valence-electron chi connectivity index (χ4n) is 14.9. The van der Waals surface area contributed by atoms with Gasteiger partial charge in [0.2, 0.25) is 0 Å². The fourth-order valence-corrected chi connectivity index (χ4v) is 14.9. The first-order valence-corrected chi connectivity index (χ1v) is 20.9. The van der Waals surface area contributed by atoms with Crippen molar-refractivity contribution in [1.29, 1.82) is 0 Å². The van der Waals surface area contributed by atoms with Crippen LogP contribution in [0.2, 0.25) is 0 Å². The second kappa shape index (κ2) is 13.2. The average molecular weight is 785 g/mol. The highest BCUT2D eigenvalue weighted by Gasteiger charge is 2.85. The molecule has 21 atom stereocenters. The predicted octanol–water partition coefficient (Wildman–Crippen LogP) is 0.724. The van der Waals surface area contributed by atoms with Crippen LogP contribution >= 0.6 is 0 Å². The van der Waals surface area contributed by atoms with E-state index in [1.165, 1.54) is 0 Å². The van der Waals surface area contributed by atoms with Crippen LogP contribution in [-0.2, 0) is 23.7 Å². The highest BCUT2D eigenvalue weighted by molar-refractivity contribution is 5.33. The average Bonchev–Trinajstić information content (AvgIpc) is 3.47. The maximum Gasteiger partial charge on any atom is 0.186 e. The van der Waals surface area contributed by atoms with Crippen molar-refractivity contribution in [3.8, 4) is 0 Å². The molecule has 0 aromatic heterocycles. The zero-order chi connectivity index (χ0) is 40.1. The minimum atomic E-state index is -1.60. The molecule has 0 radical (unpaired) electrons. The summed E-state index contributed by atoms with van der Waals surface area (Å²) in [5.41, 5.74) is -3.16. The Labute approximate surface area is 324 Å². The molecule has 3 aliphatic heterocycles. The summed E-state index contributed by atoms with van der Waals surface area (Å²) in [7, 11) is 0. The van der Waals surface area contributed by atoms with Crippen LogP contribution in [0.15, 0.2) is 0 Å². The van der Waals surface area contributed by atoms with Gasteiger partial charge in [-0.05, 0) is 117 Å². The summed E-state index contributed by atoms with van der Waals surface area (Å²) >= 11 is 0. The molecule has 5 aliphatic carbocycles. The van der Waals surface area contributed by atoms with E-state index in [0.717, 1.165) is 32.1 Å². The minimum Gasteiger partial charge on any atom is -0.394 e. The number of rotatable bonds is 7. The van der Waals surface area contributed by atoms with Crippen LogP contribution in [0.25, 0.3) is 0 Å². The summed E-state index contributed by atoms with van der Waals surface area (Å²) < 4.78 is 31.9. The molecule has 0 bridgehead atoms. The molecule has 316 valence electrons. The molecule has 9 N–H and O–H groups in total. The van der Waals surface area contributed by atoms with Crippen LogP contribution < -0.4 is 0 Å². The van der Waals surface area contributed by atoms with Gasteiger partial charge in [0.15, 0.2) is 12.6 Å². The zero-order valence-electron chi connectivity index (χ0n) is 33.6. The molecular formula is C41H68O14. The normalized spacial score (nSPS) is 58.7. The molecule has 14 nitrogen and oxygen atoms in total. The first-order chi connectivity index (χ1) is 25.5. The summed E-state index contributed by atoms with van der Waals surface area (Å²) in [6.07, 6.45) is -7.48. The lowest BCUT2D eigenvalue weighted by Crippen LogP contribution is -2.65. The maximum atomic E-state index is 12.2. The SMILES string of the molecule is CC(C)(O)[C@H]1CC[C@](C)([C@H]2[C@H](O)C[C@@]3(C)[C@H]4C[C@H](O[C@H]5O[C@@H](CO)[C@H](O)[C@@H](O)[C@@H]5O)[C@@H]5C(C)(C)[C@H](O[C@@H]6OC[C@@H](O)[C@H](O)[C@@H]6O)CC[C@]56C[C@]46CC[C@@]23C)O1. The summed E-state index contributed by atoms with van der Waals surface area (Å²) in [5.74, 6) is -0.215. The smallest absolute Gasteiger partial charge is 0.186 e. The van der Waals surface area contributed by atoms with Crippen molar-refractivity contribution >= 4 is 0 Å². The zero-order valence-corrected chi connectivity index (χ0v) is 33.6. The maximum absolute atomic E-state index is 12.2. The number of aliphatic hydroxyl groups is 9. The molecule has 2 spiro atoms. The molecule has 8 aliphatic rings. The molecule has 0 aromatic carbocycles. The van der Waals surface area contributed by atoms with Gasteiger partial charge in [-0.25, -0.2) is 0 Å². The Bertz CT molecular complexity index is 1460. The third-order valence-electron chi connectivity index (χ3n) is 17.6. The summed E-state index contributed by atoms with van der Waals surface area (Å²) in [6, 6.07) is 0. The molecular weight excluding hydrogens is 716 g/mol. The van der Waals surface area contributed by atoms with Crippen LogP contribution in [0.3, 0.4) is 0 Å².